The van der Waals surface area contributed by atoms with Crippen LogP contribution in [0.4, 0.5) is 8.78 Å². The number of halogens is 2. The van der Waals surface area contributed by atoms with Crippen molar-refractivity contribution < 1.29 is 8.78 Å². The highest BCUT2D eigenvalue weighted by Crippen LogP contribution is 2.32. The summed E-state index contributed by atoms with van der Waals surface area (Å²) in [6, 6.07) is 7.35. The average molecular weight is 253 g/mol. The SMILES string of the molecule is CC(C)CC1NCCC1c1cccc(C(F)F)c1. The Labute approximate surface area is 108 Å². The summed E-state index contributed by atoms with van der Waals surface area (Å²) in [4.78, 5) is 0. The van der Waals surface area contributed by atoms with E-state index in [9.17, 15) is 8.78 Å². The second kappa shape index (κ2) is 5.79. The molecule has 1 aliphatic rings. The monoisotopic (exact) mass is 253 g/mol. The third-order valence-electron chi connectivity index (χ3n) is 3.66. The van der Waals surface area contributed by atoms with E-state index in [0.717, 1.165) is 24.9 Å². The number of hydrogen-bond acceptors (Lipinski definition) is 1. The molecule has 0 spiro atoms. The van der Waals surface area contributed by atoms with Gasteiger partial charge in [-0.3, -0.25) is 0 Å². The Morgan fingerprint density at radius 1 is 1.33 bits per heavy atom. The summed E-state index contributed by atoms with van der Waals surface area (Å²) >= 11 is 0. The van der Waals surface area contributed by atoms with Crippen molar-refractivity contribution in [2.24, 2.45) is 5.92 Å². The number of alkyl halides is 2. The second-order valence-corrected chi connectivity index (χ2v) is 5.56. The van der Waals surface area contributed by atoms with Crippen molar-refractivity contribution in [2.45, 2.75) is 45.1 Å². The predicted octanol–water partition coefficient (Wildman–Crippen LogP) is 4.12. The maximum absolute atomic E-state index is 12.7. The van der Waals surface area contributed by atoms with Gasteiger partial charge in [-0.15, -0.1) is 0 Å². The first-order valence-electron chi connectivity index (χ1n) is 6.69. The Balaban J connectivity index is 2.16. The summed E-state index contributed by atoms with van der Waals surface area (Å²) < 4.78 is 25.5. The first kappa shape index (κ1) is 13.5. The van der Waals surface area contributed by atoms with Crippen LogP contribution in [0, 0.1) is 5.92 Å². The third kappa shape index (κ3) is 3.08. The summed E-state index contributed by atoms with van der Waals surface area (Å²) in [7, 11) is 0. The summed E-state index contributed by atoms with van der Waals surface area (Å²) in [5, 5.41) is 3.50. The third-order valence-corrected chi connectivity index (χ3v) is 3.66. The van der Waals surface area contributed by atoms with Crippen LogP contribution in [0.2, 0.25) is 0 Å². The molecular formula is C15H21F2N. The van der Waals surface area contributed by atoms with Gasteiger partial charge in [-0.05, 0) is 36.9 Å². The summed E-state index contributed by atoms with van der Waals surface area (Å²) in [6.45, 7) is 5.39. The van der Waals surface area contributed by atoms with E-state index in [1.54, 1.807) is 12.1 Å². The van der Waals surface area contributed by atoms with Crippen LogP contribution in [0.15, 0.2) is 24.3 Å². The minimum absolute atomic E-state index is 0.141. The zero-order valence-electron chi connectivity index (χ0n) is 11.0. The van der Waals surface area contributed by atoms with Crippen LogP contribution in [-0.4, -0.2) is 12.6 Å². The molecule has 0 bridgehead atoms. The van der Waals surface area contributed by atoms with Crippen LogP contribution in [0.1, 0.15) is 50.2 Å². The van der Waals surface area contributed by atoms with Gasteiger partial charge in [-0.1, -0.05) is 32.0 Å². The summed E-state index contributed by atoms with van der Waals surface area (Å²) in [5.41, 5.74) is 1.20. The molecule has 18 heavy (non-hydrogen) atoms. The lowest BCUT2D eigenvalue weighted by Gasteiger charge is -2.22. The number of rotatable bonds is 4. The molecule has 2 atom stereocenters. The van der Waals surface area contributed by atoms with Crippen molar-refractivity contribution in [2.75, 3.05) is 6.54 Å². The highest BCUT2D eigenvalue weighted by Gasteiger charge is 2.28. The van der Waals surface area contributed by atoms with Gasteiger partial charge in [0.15, 0.2) is 0 Å². The Morgan fingerprint density at radius 3 is 2.78 bits per heavy atom. The van der Waals surface area contributed by atoms with Crippen molar-refractivity contribution >= 4 is 0 Å². The van der Waals surface area contributed by atoms with Gasteiger partial charge in [0.2, 0.25) is 0 Å². The van der Waals surface area contributed by atoms with Crippen molar-refractivity contribution in [1.29, 1.82) is 0 Å². The Morgan fingerprint density at radius 2 is 2.11 bits per heavy atom. The number of benzene rings is 1. The zero-order chi connectivity index (χ0) is 13.1. The molecule has 100 valence electrons. The molecule has 1 aromatic carbocycles. The first-order chi connectivity index (χ1) is 8.58. The van der Waals surface area contributed by atoms with Crippen LogP contribution < -0.4 is 5.32 Å². The maximum atomic E-state index is 12.7. The molecule has 2 rings (SSSR count). The standard InChI is InChI=1S/C15H21F2N/c1-10(2)8-14-13(6-7-18-14)11-4-3-5-12(9-11)15(16)17/h3-5,9-10,13-15,18H,6-8H2,1-2H3. The van der Waals surface area contributed by atoms with E-state index in [1.807, 2.05) is 6.07 Å². The van der Waals surface area contributed by atoms with Gasteiger partial charge in [-0.25, -0.2) is 8.78 Å². The van der Waals surface area contributed by atoms with Gasteiger partial charge < -0.3 is 5.32 Å². The highest BCUT2D eigenvalue weighted by molar-refractivity contribution is 5.29. The lowest BCUT2D eigenvalue weighted by Crippen LogP contribution is -2.27. The van der Waals surface area contributed by atoms with Crippen LogP contribution in [0.3, 0.4) is 0 Å². The molecule has 1 aromatic rings. The Bertz CT molecular complexity index is 390. The van der Waals surface area contributed by atoms with E-state index < -0.39 is 6.43 Å². The van der Waals surface area contributed by atoms with Gasteiger partial charge in [0.1, 0.15) is 0 Å². The summed E-state index contributed by atoms with van der Waals surface area (Å²) in [5.74, 6) is 1.01. The summed E-state index contributed by atoms with van der Waals surface area (Å²) in [6.07, 6.45) is -0.226. The molecule has 1 nitrogen and oxygen atoms in total. The molecule has 1 fully saturated rings. The van der Waals surface area contributed by atoms with E-state index in [0.29, 0.717) is 17.9 Å². The first-order valence-corrected chi connectivity index (χ1v) is 6.69. The molecule has 0 aliphatic carbocycles. The van der Waals surface area contributed by atoms with Crippen LogP contribution in [-0.2, 0) is 0 Å². The normalized spacial score (nSPS) is 24.1. The molecule has 1 N–H and O–H groups in total. The smallest absolute Gasteiger partial charge is 0.263 e. The van der Waals surface area contributed by atoms with Gasteiger partial charge in [0.25, 0.3) is 6.43 Å². The topological polar surface area (TPSA) is 12.0 Å². The maximum Gasteiger partial charge on any atom is 0.263 e. The predicted molar refractivity (Wildman–Crippen MR) is 70.0 cm³/mol. The molecular weight excluding hydrogens is 232 g/mol. The van der Waals surface area contributed by atoms with Gasteiger partial charge in [0, 0.05) is 17.5 Å². The molecule has 3 heteroatoms. The fraction of sp³-hybridized carbons (Fsp3) is 0.600. The molecule has 1 saturated heterocycles. The van der Waals surface area contributed by atoms with E-state index in [1.165, 1.54) is 6.07 Å². The Kier molecular flexibility index (Phi) is 4.33. The van der Waals surface area contributed by atoms with Crippen LogP contribution in [0.5, 0.6) is 0 Å². The fourth-order valence-electron chi connectivity index (χ4n) is 2.85. The van der Waals surface area contributed by atoms with Crippen molar-refractivity contribution in [1.82, 2.24) is 5.32 Å². The van der Waals surface area contributed by atoms with Gasteiger partial charge in [-0.2, -0.15) is 0 Å². The van der Waals surface area contributed by atoms with Gasteiger partial charge >= 0.3 is 0 Å². The van der Waals surface area contributed by atoms with E-state index in [-0.39, 0.29) is 5.56 Å². The average Bonchev–Trinajstić information content (AvgIpc) is 2.76. The fourth-order valence-corrected chi connectivity index (χ4v) is 2.85. The lowest BCUT2D eigenvalue weighted by atomic mass is 9.87. The van der Waals surface area contributed by atoms with E-state index in [4.69, 9.17) is 0 Å². The minimum atomic E-state index is -2.37. The Hall–Kier alpha value is -0.960. The molecule has 2 unspecified atom stereocenters. The highest BCUT2D eigenvalue weighted by atomic mass is 19.3. The molecule has 0 saturated carbocycles. The molecule has 0 amide bonds. The molecule has 1 aliphatic heterocycles. The second-order valence-electron chi connectivity index (χ2n) is 5.56. The molecule has 1 heterocycles. The van der Waals surface area contributed by atoms with Crippen LogP contribution in [0.25, 0.3) is 0 Å². The van der Waals surface area contributed by atoms with Gasteiger partial charge in [0.05, 0.1) is 0 Å². The molecule has 0 aromatic heterocycles. The van der Waals surface area contributed by atoms with Crippen molar-refractivity contribution in [3.8, 4) is 0 Å². The largest absolute Gasteiger partial charge is 0.313 e. The molecule has 0 radical (unpaired) electrons. The zero-order valence-corrected chi connectivity index (χ0v) is 11.0. The quantitative estimate of drug-likeness (QED) is 0.851. The van der Waals surface area contributed by atoms with E-state index in [2.05, 4.69) is 19.2 Å². The number of hydrogen-bond donors (Lipinski definition) is 1. The number of nitrogens with one attached hydrogen (secondary N) is 1. The van der Waals surface area contributed by atoms with Crippen molar-refractivity contribution in [3.63, 3.8) is 0 Å². The van der Waals surface area contributed by atoms with E-state index >= 15 is 0 Å². The van der Waals surface area contributed by atoms with Crippen molar-refractivity contribution in [3.05, 3.63) is 35.4 Å². The van der Waals surface area contributed by atoms with Crippen LogP contribution >= 0.6 is 0 Å². The minimum Gasteiger partial charge on any atom is -0.313 e. The lowest BCUT2D eigenvalue weighted by molar-refractivity contribution is 0.151.